The number of amides is 1. The lowest BCUT2D eigenvalue weighted by Gasteiger charge is -2.34. The molecule has 3 atom stereocenters. The fourth-order valence-corrected chi connectivity index (χ4v) is 4.92. The van der Waals surface area contributed by atoms with Crippen LogP contribution in [-0.4, -0.2) is 56.2 Å². The summed E-state index contributed by atoms with van der Waals surface area (Å²) >= 11 is 0. The van der Waals surface area contributed by atoms with Crippen molar-refractivity contribution in [3.8, 4) is 0 Å². The van der Waals surface area contributed by atoms with Gasteiger partial charge in [-0.3, -0.25) is 4.79 Å². The number of rotatable bonds is 3. The summed E-state index contributed by atoms with van der Waals surface area (Å²) < 4.78 is 29.3. The van der Waals surface area contributed by atoms with Crippen molar-refractivity contribution in [2.24, 2.45) is 5.92 Å². The Hall–Kier alpha value is -3.07. The van der Waals surface area contributed by atoms with Gasteiger partial charge in [-0.2, -0.15) is 5.10 Å². The van der Waals surface area contributed by atoms with E-state index in [1.807, 2.05) is 26.1 Å². The number of aryl methyl sites for hydroxylation is 1. The topological polar surface area (TPSA) is 74.0 Å². The first-order valence-electron chi connectivity index (χ1n) is 11.4. The molecular weight excluding hydrogens is 428 g/mol. The van der Waals surface area contributed by atoms with Gasteiger partial charge in [-0.15, -0.1) is 0 Å². The number of likely N-dealkylation sites (tertiary alicyclic amines) is 1. The number of aliphatic hydroxyl groups excluding tert-OH is 1. The lowest BCUT2D eigenvalue weighted by molar-refractivity contribution is 0.0600. The zero-order valence-electron chi connectivity index (χ0n) is 18.7. The molecule has 1 amide bonds. The van der Waals surface area contributed by atoms with E-state index in [9.17, 15) is 18.7 Å². The van der Waals surface area contributed by atoms with E-state index < -0.39 is 17.5 Å². The van der Waals surface area contributed by atoms with E-state index in [-0.39, 0.29) is 23.6 Å². The molecule has 2 fully saturated rings. The van der Waals surface area contributed by atoms with E-state index in [0.29, 0.717) is 30.9 Å². The molecule has 0 radical (unpaired) electrons. The van der Waals surface area contributed by atoms with Crippen LogP contribution >= 0.6 is 0 Å². The van der Waals surface area contributed by atoms with E-state index in [0.717, 1.165) is 42.9 Å². The third-order valence-corrected chi connectivity index (χ3v) is 6.76. The number of aliphatic hydroxyl groups is 1. The molecule has 9 heteroatoms. The second kappa shape index (κ2) is 8.37. The van der Waals surface area contributed by atoms with Crippen molar-refractivity contribution in [3.05, 3.63) is 58.9 Å². The highest BCUT2D eigenvalue weighted by atomic mass is 19.1. The van der Waals surface area contributed by atoms with Crippen LogP contribution in [0.2, 0.25) is 0 Å². The first kappa shape index (κ1) is 21.8. The number of halogens is 2. The fourth-order valence-electron chi connectivity index (χ4n) is 4.92. The number of nitrogens with zero attached hydrogens (tertiary/aromatic N) is 5. The van der Waals surface area contributed by atoms with Crippen LogP contribution in [-0.2, 0) is 0 Å². The number of aromatic nitrogens is 3. The van der Waals surface area contributed by atoms with Gasteiger partial charge >= 0.3 is 0 Å². The Labute approximate surface area is 190 Å². The van der Waals surface area contributed by atoms with Crippen LogP contribution in [0.15, 0.2) is 30.5 Å². The van der Waals surface area contributed by atoms with Crippen molar-refractivity contribution in [2.45, 2.75) is 45.3 Å². The minimum absolute atomic E-state index is 0.134. The summed E-state index contributed by atoms with van der Waals surface area (Å²) in [7, 11) is 0. The minimum Gasteiger partial charge on any atom is -0.391 e. The van der Waals surface area contributed by atoms with Crippen molar-refractivity contribution in [1.82, 2.24) is 19.5 Å². The highest BCUT2D eigenvalue weighted by molar-refractivity contribution is 5.94. The van der Waals surface area contributed by atoms with Gasteiger partial charge in [0.05, 0.1) is 23.4 Å². The third-order valence-electron chi connectivity index (χ3n) is 6.76. The van der Waals surface area contributed by atoms with E-state index in [4.69, 9.17) is 10.1 Å². The lowest BCUT2D eigenvalue weighted by atomic mass is 9.98. The second-order valence-corrected chi connectivity index (χ2v) is 9.20. The van der Waals surface area contributed by atoms with E-state index >= 15 is 0 Å². The number of carbonyl (C=O) groups excluding carboxylic acids is 1. The molecule has 7 nitrogen and oxygen atoms in total. The van der Waals surface area contributed by atoms with Gasteiger partial charge in [-0.25, -0.2) is 18.3 Å². The molecule has 2 saturated heterocycles. The van der Waals surface area contributed by atoms with Gasteiger partial charge < -0.3 is 14.9 Å². The molecule has 33 heavy (non-hydrogen) atoms. The van der Waals surface area contributed by atoms with E-state index in [1.165, 1.54) is 6.07 Å². The summed E-state index contributed by atoms with van der Waals surface area (Å²) in [5, 5.41) is 14.8. The minimum atomic E-state index is -0.858. The molecule has 2 aliphatic rings. The average molecular weight is 456 g/mol. The molecule has 1 aromatic carbocycles. The van der Waals surface area contributed by atoms with Gasteiger partial charge in [-0.05, 0) is 38.3 Å². The van der Waals surface area contributed by atoms with Gasteiger partial charge in [0.2, 0.25) is 0 Å². The Morgan fingerprint density at radius 2 is 2.00 bits per heavy atom. The number of piperidine rings is 1. The van der Waals surface area contributed by atoms with Crippen molar-refractivity contribution >= 4 is 17.4 Å². The first-order chi connectivity index (χ1) is 15.8. The Morgan fingerprint density at radius 3 is 2.73 bits per heavy atom. The average Bonchev–Trinajstić information content (AvgIpc) is 3.35. The maximum Gasteiger partial charge on any atom is 0.257 e. The summed E-state index contributed by atoms with van der Waals surface area (Å²) in [6, 6.07) is 4.60. The standard InChI is InChI=1S/C24H27F2N5O2/c1-14-11-29(13-21(14)32)23-15(2)12-31-22(27-23)10-19(28-31)20-5-3-4-8-30(20)24(33)17-7-6-16(25)9-18(17)26/h6-7,9-10,12,14,20-21,32H,3-5,8,11,13H2,1-2H3/t14-,20+,21+/m1/s1. The van der Waals surface area contributed by atoms with Crippen LogP contribution < -0.4 is 4.90 Å². The molecule has 174 valence electrons. The molecule has 1 N–H and O–H groups in total. The SMILES string of the molecule is Cc1cn2nc([C@@H]3CCCCN3C(=O)c3ccc(F)cc3F)cc2nc1N1C[C@@H](C)[C@@H](O)C1. The maximum absolute atomic E-state index is 14.3. The summed E-state index contributed by atoms with van der Waals surface area (Å²) in [5.41, 5.74) is 2.17. The quantitative estimate of drug-likeness (QED) is 0.655. The molecule has 0 unspecified atom stereocenters. The van der Waals surface area contributed by atoms with Gasteiger partial charge in [0.25, 0.3) is 5.91 Å². The summed E-state index contributed by atoms with van der Waals surface area (Å²) in [6.07, 6.45) is 3.98. The molecule has 3 aromatic rings. The molecule has 0 bridgehead atoms. The normalized spacial score (nSPS) is 23.5. The molecule has 4 heterocycles. The molecule has 5 rings (SSSR count). The van der Waals surface area contributed by atoms with Crippen molar-refractivity contribution in [3.63, 3.8) is 0 Å². The third kappa shape index (κ3) is 3.94. The predicted molar refractivity (Wildman–Crippen MR) is 119 cm³/mol. The Kier molecular flexibility index (Phi) is 5.52. The molecule has 2 aromatic heterocycles. The monoisotopic (exact) mass is 455 g/mol. The molecule has 2 aliphatic heterocycles. The van der Waals surface area contributed by atoms with Crippen LogP contribution in [0.1, 0.15) is 53.8 Å². The van der Waals surface area contributed by atoms with Crippen LogP contribution in [0.25, 0.3) is 5.65 Å². The number of hydrogen-bond acceptors (Lipinski definition) is 5. The van der Waals surface area contributed by atoms with Crippen LogP contribution in [0, 0.1) is 24.5 Å². The number of carbonyl (C=O) groups is 1. The smallest absolute Gasteiger partial charge is 0.257 e. The van der Waals surface area contributed by atoms with Crippen LogP contribution in [0.5, 0.6) is 0 Å². The lowest BCUT2D eigenvalue weighted by Crippen LogP contribution is -2.39. The summed E-state index contributed by atoms with van der Waals surface area (Å²) in [5.74, 6) is -1.03. The Balaban J connectivity index is 1.47. The molecule has 0 aliphatic carbocycles. The van der Waals surface area contributed by atoms with Gasteiger partial charge in [0.15, 0.2) is 5.65 Å². The van der Waals surface area contributed by atoms with Gasteiger partial charge in [-0.1, -0.05) is 6.92 Å². The van der Waals surface area contributed by atoms with Gasteiger partial charge in [0, 0.05) is 49.4 Å². The van der Waals surface area contributed by atoms with Crippen molar-refractivity contribution in [1.29, 1.82) is 0 Å². The second-order valence-electron chi connectivity index (χ2n) is 9.20. The number of hydrogen-bond donors (Lipinski definition) is 1. The molecular formula is C24H27F2N5O2. The van der Waals surface area contributed by atoms with E-state index in [2.05, 4.69) is 4.90 Å². The number of anilines is 1. The molecule has 0 spiro atoms. The zero-order chi connectivity index (χ0) is 23.3. The predicted octanol–water partition coefficient (Wildman–Crippen LogP) is 3.50. The Bertz CT molecular complexity index is 1200. The summed E-state index contributed by atoms with van der Waals surface area (Å²) in [4.78, 5) is 21.7. The zero-order valence-corrected chi connectivity index (χ0v) is 18.7. The Morgan fingerprint density at radius 1 is 1.18 bits per heavy atom. The maximum atomic E-state index is 14.3. The molecule has 0 saturated carbocycles. The highest BCUT2D eigenvalue weighted by Gasteiger charge is 2.33. The largest absolute Gasteiger partial charge is 0.391 e. The first-order valence-corrected chi connectivity index (χ1v) is 11.4. The van der Waals surface area contributed by atoms with Crippen molar-refractivity contribution in [2.75, 3.05) is 24.5 Å². The van der Waals surface area contributed by atoms with E-state index in [1.54, 1.807) is 9.42 Å². The number of fused-ring (bicyclic) bond motifs is 1. The summed E-state index contributed by atoms with van der Waals surface area (Å²) in [6.45, 7) is 5.75. The number of β-amino-alcohol motifs (C(OH)–C–C–N with tert-alkyl or cyclic N) is 1. The van der Waals surface area contributed by atoms with Crippen molar-refractivity contribution < 1.29 is 18.7 Å². The van der Waals surface area contributed by atoms with Crippen LogP contribution in [0.3, 0.4) is 0 Å². The number of benzene rings is 1. The van der Waals surface area contributed by atoms with Crippen LogP contribution in [0.4, 0.5) is 14.6 Å². The highest BCUT2D eigenvalue weighted by Crippen LogP contribution is 2.33. The fraction of sp³-hybridized carbons (Fsp3) is 0.458. The van der Waals surface area contributed by atoms with Gasteiger partial charge in [0.1, 0.15) is 17.5 Å².